The first-order valence-electron chi connectivity index (χ1n) is 8.55. The van der Waals surface area contributed by atoms with Crippen LogP contribution in [0.25, 0.3) is 21.7 Å². The van der Waals surface area contributed by atoms with E-state index >= 15 is 0 Å². The van der Waals surface area contributed by atoms with Crippen LogP contribution in [0.5, 0.6) is 0 Å². The van der Waals surface area contributed by atoms with Gasteiger partial charge < -0.3 is 4.74 Å². The third kappa shape index (κ3) is 4.93. The molecule has 0 spiro atoms. The van der Waals surface area contributed by atoms with Crippen LogP contribution < -0.4 is 0 Å². The Kier molecular flexibility index (Phi) is 6.74. The monoisotopic (exact) mass is 428 g/mol. The van der Waals surface area contributed by atoms with Gasteiger partial charge in [0.05, 0.1) is 28.0 Å². The summed E-state index contributed by atoms with van der Waals surface area (Å²) in [6.45, 7) is 3.61. The molecule has 3 rings (SSSR count). The number of nitrogens with zero attached hydrogens (tertiary/aromatic N) is 2. The van der Waals surface area contributed by atoms with Crippen molar-refractivity contribution in [2.75, 3.05) is 5.75 Å². The number of thiophene rings is 1. The molecule has 0 saturated carbocycles. The van der Waals surface area contributed by atoms with Gasteiger partial charge in [0.15, 0.2) is 0 Å². The average Bonchev–Trinajstić information content (AvgIpc) is 3.20. The van der Waals surface area contributed by atoms with Crippen molar-refractivity contribution in [3.63, 3.8) is 0 Å². The van der Waals surface area contributed by atoms with Crippen molar-refractivity contribution in [2.45, 2.75) is 25.0 Å². The second-order valence-corrected chi connectivity index (χ2v) is 8.51. The number of ether oxygens (including phenoxy) is 1. The number of carbonyl (C=O) groups excluding carboxylic acids is 1. The zero-order valence-corrected chi connectivity index (χ0v) is 17.7. The van der Waals surface area contributed by atoms with E-state index in [0.717, 1.165) is 21.7 Å². The number of benzene rings is 1. The Morgan fingerprint density at radius 1 is 1.32 bits per heavy atom. The van der Waals surface area contributed by atoms with Crippen LogP contribution in [0.4, 0.5) is 0 Å². The molecule has 3 aromatic rings. The van der Waals surface area contributed by atoms with E-state index in [1.54, 1.807) is 37.3 Å². The highest BCUT2D eigenvalue weighted by atomic mass is 35.5. The zero-order valence-electron chi connectivity index (χ0n) is 15.3. The van der Waals surface area contributed by atoms with Crippen molar-refractivity contribution in [3.05, 3.63) is 58.4 Å². The average molecular weight is 429 g/mol. The molecule has 0 saturated heterocycles. The van der Waals surface area contributed by atoms with Crippen LogP contribution in [0.1, 0.15) is 19.4 Å². The number of pyridine rings is 1. The zero-order chi connectivity index (χ0) is 20.1. The van der Waals surface area contributed by atoms with Gasteiger partial charge in [-0.25, -0.2) is 4.98 Å². The maximum Gasteiger partial charge on any atom is 0.316 e. The molecule has 0 radical (unpaired) electrons. The second-order valence-electron chi connectivity index (χ2n) is 6.16. The van der Waals surface area contributed by atoms with Crippen LogP contribution in [0.3, 0.4) is 0 Å². The molecule has 0 atom stereocenters. The largest absolute Gasteiger partial charge is 0.462 e. The van der Waals surface area contributed by atoms with E-state index in [1.165, 1.54) is 11.8 Å². The third-order valence-electron chi connectivity index (χ3n) is 3.72. The van der Waals surface area contributed by atoms with Gasteiger partial charge in [-0.3, -0.25) is 4.79 Å². The second kappa shape index (κ2) is 9.24. The van der Waals surface area contributed by atoms with Gasteiger partial charge in [0.2, 0.25) is 0 Å². The lowest BCUT2D eigenvalue weighted by Crippen LogP contribution is -2.13. The normalized spacial score (nSPS) is 10.7. The van der Waals surface area contributed by atoms with Crippen LogP contribution in [0.2, 0.25) is 5.02 Å². The van der Waals surface area contributed by atoms with Gasteiger partial charge in [0.1, 0.15) is 11.1 Å². The van der Waals surface area contributed by atoms with E-state index in [-0.39, 0.29) is 17.8 Å². The highest BCUT2D eigenvalue weighted by Gasteiger charge is 2.18. The molecule has 0 aliphatic carbocycles. The van der Waals surface area contributed by atoms with Crippen LogP contribution >= 0.6 is 34.7 Å². The summed E-state index contributed by atoms with van der Waals surface area (Å²) < 4.78 is 5.19. The van der Waals surface area contributed by atoms with Crippen molar-refractivity contribution in [2.24, 2.45) is 0 Å². The van der Waals surface area contributed by atoms with Gasteiger partial charge in [0.25, 0.3) is 0 Å². The maximum absolute atomic E-state index is 12.0. The first-order valence-corrected chi connectivity index (χ1v) is 10.8. The number of hydrogen-bond acceptors (Lipinski definition) is 6. The van der Waals surface area contributed by atoms with Crippen LogP contribution in [0, 0.1) is 11.3 Å². The minimum absolute atomic E-state index is 0.0911. The smallest absolute Gasteiger partial charge is 0.316 e. The lowest BCUT2D eigenvalue weighted by atomic mass is 10.0. The Balaban J connectivity index is 2.05. The number of carbonyl (C=O) groups is 1. The highest BCUT2D eigenvalue weighted by molar-refractivity contribution is 7.99. The molecule has 0 amide bonds. The fourth-order valence-corrected chi connectivity index (χ4v) is 4.16. The SMILES string of the molecule is CC(C)OC(=O)CSc1nc(-c2cccs2)cc(-c2ccc(Cl)cc2)c1C#N. The number of esters is 1. The summed E-state index contributed by atoms with van der Waals surface area (Å²) in [5, 5.41) is 12.9. The summed E-state index contributed by atoms with van der Waals surface area (Å²) in [7, 11) is 0. The first kappa shape index (κ1) is 20.4. The van der Waals surface area contributed by atoms with E-state index in [4.69, 9.17) is 16.3 Å². The first-order chi connectivity index (χ1) is 13.5. The molecule has 0 N–H and O–H groups in total. The molecule has 28 heavy (non-hydrogen) atoms. The summed E-state index contributed by atoms with van der Waals surface area (Å²) in [6.07, 6.45) is -0.182. The van der Waals surface area contributed by atoms with E-state index in [9.17, 15) is 10.1 Å². The van der Waals surface area contributed by atoms with Gasteiger partial charge in [-0.15, -0.1) is 11.3 Å². The maximum atomic E-state index is 12.0. The summed E-state index contributed by atoms with van der Waals surface area (Å²) in [5.41, 5.74) is 2.83. The Bertz CT molecular complexity index is 1010. The van der Waals surface area contributed by atoms with Crippen molar-refractivity contribution in [1.29, 1.82) is 5.26 Å². The third-order valence-corrected chi connectivity index (χ3v) is 5.81. The molecule has 7 heteroatoms. The van der Waals surface area contributed by atoms with Crippen LogP contribution in [-0.4, -0.2) is 22.8 Å². The van der Waals surface area contributed by atoms with E-state index in [2.05, 4.69) is 11.1 Å². The molecule has 142 valence electrons. The van der Waals surface area contributed by atoms with Crippen molar-refractivity contribution in [1.82, 2.24) is 4.98 Å². The molecular formula is C21H17ClN2O2S2. The molecular weight excluding hydrogens is 412 g/mol. The minimum Gasteiger partial charge on any atom is -0.462 e. The molecule has 0 aliphatic heterocycles. The lowest BCUT2D eigenvalue weighted by Gasteiger charge is -2.12. The van der Waals surface area contributed by atoms with E-state index in [1.807, 2.05) is 35.7 Å². The Morgan fingerprint density at radius 3 is 2.68 bits per heavy atom. The lowest BCUT2D eigenvalue weighted by molar-refractivity contribution is -0.144. The van der Waals surface area contributed by atoms with E-state index in [0.29, 0.717) is 15.6 Å². The minimum atomic E-state index is -0.333. The molecule has 4 nitrogen and oxygen atoms in total. The van der Waals surface area contributed by atoms with Crippen LogP contribution in [-0.2, 0) is 9.53 Å². The van der Waals surface area contributed by atoms with Gasteiger partial charge >= 0.3 is 5.97 Å². The molecule has 2 aromatic heterocycles. The van der Waals surface area contributed by atoms with Crippen LogP contribution in [0.15, 0.2) is 52.9 Å². The van der Waals surface area contributed by atoms with Crippen molar-refractivity contribution < 1.29 is 9.53 Å². The van der Waals surface area contributed by atoms with Crippen molar-refractivity contribution in [3.8, 4) is 27.8 Å². The molecule has 1 aromatic carbocycles. The highest BCUT2D eigenvalue weighted by Crippen LogP contribution is 2.35. The number of halogens is 1. The number of nitriles is 1. The number of thioether (sulfide) groups is 1. The van der Waals surface area contributed by atoms with Gasteiger partial charge in [0, 0.05) is 10.6 Å². The predicted molar refractivity (Wildman–Crippen MR) is 115 cm³/mol. The van der Waals surface area contributed by atoms with Crippen molar-refractivity contribution >= 4 is 40.7 Å². The van der Waals surface area contributed by atoms with Gasteiger partial charge in [-0.05, 0) is 49.1 Å². The fourth-order valence-electron chi connectivity index (χ4n) is 2.57. The van der Waals surface area contributed by atoms with E-state index < -0.39 is 0 Å². The molecule has 0 fully saturated rings. The number of aromatic nitrogens is 1. The topological polar surface area (TPSA) is 63.0 Å². The molecule has 0 aliphatic rings. The number of hydrogen-bond donors (Lipinski definition) is 0. The summed E-state index contributed by atoms with van der Waals surface area (Å²) in [5.74, 6) is -0.242. The standard InChI is InChI=1S/C21H17ClN2O2S2/c1-13(2)26-20(25)12-28-21-17(11-23)16(14-5-7-15(22)8-6-14)10-18(24-21)19-4-3-9-27-19/h3-10,13H,12H2,1-2H3. The quantitative estimate of drug-likeness (QED) is 0.353. The summed E-state index contributed by atoms with van der Waals surface area (Å²) in [6, 6.07) is 15.4. The Morgan fingerprint density at radius 2 is 2.07 bits per heavy atom. The summed E-state index contributed by atoms with van der Waals surface area (Å²) in [4.78, 5) is 17.6. The molecule has 0 unspecified atom stereocenters. The summed E-state index contributed by atoms with van der Waals surface area (Å²) >= 11 is 8.80. The predicted octanol–water partition coefficient (Wildman–Crippen LogP) is 6.05. The Labute approximate surface area is 177 Å². The number of rotatable bonds is 6. The fraction of sp³-hybridized carbons (Fsp3) is 0.190. The van der Waals surface area contributed by atoms with Gasteiger partial charge in [-0.2, -0.15) is 5.26 Å². The Hall–Kier alpha value is -2.33. The molecule has 2 heterocycles. The van der Waals surface area contributed by atoms with Gasteiger partial charge in [-0.1, -0.05) is 41.6 Å². The molecule has 0 bridgehead atoms.